The van der Waals surface area contributed by atoms with Gasteiger partial charge in [0.1, 0.15) is 6.54 Å². The number of hydrogen-bond donors (Lipinski definition) is 1. The third-order valence-electron chi connectivity index (χ3n) is 5.05. The first kappa shape index (κ1) is 22.2. The van der Waals surface area contributed by atoms with Crippen LogP contribution in [0.3, 0.4) is 0 Å². The molecule has 1 aliphatic rings. The third-order valence-corrected chi connectivity index (χ3v) is 7.70. The number of carbonyl (C=O) groups is 1. The van der Waals surface area contributed by atoms with Crippen LogP contribution in [0.2, 0.25) is 0 Å². The zero-order valence-electron chi connectivity index (χ0n) is 17.8. The van der Waals surface area contributed by atoms with E-state index in [1.54, 1.807) is 41.0 Å². The molecule has 0 saturated carbocycles. The third kappa shape index (κ3) is 4.17. The van der Waals surface area contributed by atoms with Crippen LogP contribution in [0.5, 0.6) is 11.5 Å². The molecule has 3 aromatic rings. The molecule has 9 nitrogen and oxygen atoms in total. The first-order chi connectivity index (χ1) is 15.2. The Balaban J connectivity index is 1.58. The Morgan fingerprint density at radius 3 is 2.66 bits per heavy atom. The molecule has 2 heterocycles. The van der Waals surface area contributed by atoms with E-state index in [1.165, 1.54) is 6.92 Å². The van der Waals surface area contributed by atoms with Crippen molar-refractivity contribution < 1.29 is 22.7 Å². The summed E-state index contributed by atoms with van der Waals surface area (Å²) >= 11 is 1.10. The first-order valence-electron chi connectivity index (χ1n) is 10.0. The van der Waals surface area contributed by atoms with Gasteiger partial charge in [-0.25, -0.2) is 8.42 Å². The van der Waals surface area contributed by atoms with Crippen LogP contribution in [0, 0.1) is 0 Å². The van der Waals surface area contributed by atoms with Crippen LogP contribution in [-0.2, 0) is 14.8 Å². The van der Waals surface area contributed by atoms with E-state index in [-0.39, 0.29) is 23.5 Å². The van der Waals surface area contributed by atoms with Crippen molar-refractivity contribution >= 4 is 48.9 Å². The van der Waals surface area contributed by atoms with Gasteiger partial charge < -0.3 is 14.8 Å². The maximum Gasteiger partial charge on any atom is 0.308 e. The molecule has 170 valence electrons. The minimum absolute atomic E-state index is 0.0196. The van der Waals surface area contributed by atoms with Crippen molar-refractivity contribution in [2.45, 2.75) is 26.8 Å². The summed E-state index contributed by atoms with van der Waals surface area (Å²) in [7, 11) is -3.73. The van der Waals surface area contributed by atoms with Crippen LogP contribution in [0.4, 0.5) is 11.4 Å². The molecule has 11 heteroatoms. The number of sulfonamides is 1. The van der Waals surface area contributed by atoms with Crippen LogP contribution in [0.25, 0.3) is 10.2 Å². The molecule has 0 saturated heterocycles. The summed E-state index contributed by atoms with van der Waals surface area (Å²) in [4.78, 5) is 24.9. The molecular weight excluding hydrogens is 454 g/mol. The number of carbonyl (C=O) groups excluding carboxylic acids is 1. The molecule has 0 unspecified atom stereocenters. The summed E-state index contributed by atoms with van der Waals surface area (Å²) in [5.41, 5.74) is 1.59. The van der Waals surface area contributed by atoms with Crippen LogP contribution in [0.15, 0.2) is 41.2 Å². The second kappa shape index (κ2) is 8.47. The van der Waals surface area contributed by atoms with Gasteiger partial charge in [-0.05, 0) is 51.1 Å². The van der Waals surface area contributed by atoms with Crippen molar-refractivity contribution in [2.75, 3.05) is 28.7 Å². The molecule has 0 bridgehead atoms. The lowest BCUT2D eigenvalue weighted by Crippen LogP contribution is -2.39. The number of nitrogens with zero attached hydrogens (tertiary/aromatic N) is 2. The van der Waals surface area contributed by atoms with Crippen molar-refractivity contribution in [1.29, 1.82) is 0 Å². The highest BCUT2D eigenvalue weighted by molar-refractivity contribution is 7.92. The van der Waals surface area contributed by atoms with Crippen LogP contribution in [-0.4, -0.2) is 38.0 Å². The molecule has 1 aliphatic heterocycles. The zero-order valence-corrected chi connectivity index (χ0v) is 19.5. The predicted molar refractivity (Wildman–Crippen MR) is 124 cm³/mol. The summed E-state index contributed by atoms with van der Waals surface area (Å²) < 4.78 is 39.5. The van der Waals surface area contributed by atoms with E-state index >= 15 is 0 Å². The van der Waals surface area contributed by atoms with E-state index in [2.05, 4.69) is 5.32 Å². The van der Waals surface area contributed by atoms with Gasteiger partial charge >= 0.3 is 4.87 Å². The van der Waals surface area contributed by atoms with Gasteiger partial charge in [0.25, 0.3) is 0 Å². The molecular formula is C21H23N3O6S2. The number of aromatic nitrogens is 1. The van der Waals surface area contributed by atoms with Gasteiger partial charge in [0.05, 0.1) is 21.7 Å². The Kier molecular flexibility index (Phi) is 5.87. The summed E-state index contributed by atoms with van der Waals surface area (Å²) in [6, 6.07) is 9.95. The highest BCUT2D eigenvalue weighted by Crippen LogP contribution is 2.36. The topological polar surface area (TPSA) is 107 Å². The quantitative estimate of drug-likeness (QED) is 0.560. The van der Waals surface area contributed by atoms with E-state index in [4.69, 9.17) is 9.47 Å². The predicted octanol–water partition coefficient (Wildman–Crippen LogP) is 3.17. The number of anilines is 2. The number of amides is 1. The van der Waals surface area contributed by atoms with E-state index < -0.39 is 22.5 Å². The van der Waals surface area contributed by atoms with E-state index in [9.17, 15) is 18.0 Å². The number of thiazole rings is 1. The lowest BCUT2D eigenvalue weighted by Gasteiger charge is -2.23. The van der Waals surface area contributed by atoms with Crippen molar-refractivity contribution in [1.82, 2.24) is 4.57 Å². The Morgan fingerprint density at radius 2 is 1.94 bits per heavy atom. The Labute approximate surface area is 189 Å². The Hall–Kier alpha value is -3.05. The molecule has 1 N–H and O–H groups in total. The molecule has 1 amide bonds. The lowest BCUT2D eigenvalue weighted by atomic mass is 10.2. The normalized spacial score (nSPS) is 13.0. The maximum atomic E-state index is 12.8. The lowest BCUT2D eigenvalue weighted by molar-refractivity contribution is -0.114. The minimum atomic E-state index is -3.73. The summed E-state index contributed by atoms with van der Waals surface area (Å²) in [5, 5.41) is 2.74. The summed E-state index contributed by atoms with van der Waals surface area (Å²) in [5.74, 6) is 0.272. The molecule has 0 spiro atoms. The number of benzene rings is 2. The second-order valence-electron chi connectivity index (χ2n) is 7.51. The molecule has 0 atom stereocenters. The molecule has 32 heavy (non-hydrogen) atoms. The van der Waals surface area contributed by atoms with Crippen molar-refractivity contribution in [3.8, 4) is 11.5 Å². The fourth-order valence-corrected chi connectivity index (χ4v) is 5.59. The van der Waals surface area contributed by atoms with Crippen LogP contribution < -0.4 is 24.0 Å². The SMILES string of the molecule is CCS(=O)(=O)N(CC(=O)Nc1ccc2c(c1)sc(=O)n2C(C)C)c1ccc2c(c1)OCO2. The monoisotopic (exact) mass is 477 g/mol. The summed E-state index contributed by atoms with van der Waals surface area (Å²) in [6.45, 7) is 5.04. The standard InChI is InChI=1S/C21H23N3O6S2/c1-4-32(27,28)23(15-6-8-17-18(10-15)30-12-29-17)11-20(25)22-14-5-7-16-19(9-14)31-21(26)24(16)13(2)3/h5-10,13H,4,11-12H2,1-3H3,(H,22,25). The van der Waals surface area contributed by atoms with Crippen LogP contribution >= 0.6 is 11.3 Å². The number of rotatable bonds is 7. The molecule has 0 fully saturated rings. The van der Waals surface area contributed by atoms with Crippen molar-refractivity contribution in [3.05, 3.63) is 46.1 Å². The van der Waals surface area contributed by atoms with Gasteiger partial charge in [-0.3, -0.25) is 18.5 Å². The van der Waals surface area contributed by atoms with E-state index in [0.29, 0.717) is 22.9 Å². The van der Waals surface area contributed by atoms with Gasteiger partial charge in [0.2, 0.25) is 22.7 Å². The van der Waals surface area contributed by atoms with E-state index in [0.717, 1.165) is 25.9 Å². The molecule has 1 aromatic heterocycles. The fourth-order valence-electron chi connectivity index (χ4n) is 3.48. The first-order valence-corrected chi connectivity index (χ1v) is 12.5. The highest BCUT2D eigenvalue weighted by atomic mass is 32.2. The molecule has 4 rings (SSSR count). The highest BCUT2D eigenvalue weighted by Gasteiger charge is 2.26. The van der Waals surface area contributed by atoms with E-state index in [1.807, 2.05) is 13.8 Å². The van der Waals surface area contributed by atoms with Gasteiger partial charge in [-0.2, -0.15) is 0 Å². The average Bonchev–Trinajstić information content (AvgIpc) is 3.34. The Morgan fingerprint density at radius 1 is 1.19 bits per heavy atom. The smallest absolute Gasteiger partial charge is 0.308 e. The number of ether oxygens (including phenoxy) is 2. The fraction of sp³-hybridized carbons (Fsp3) is 0.333. The second-order valence-corrected chi connectivity index (χ2v) is 10.7. The molecule has 0 aliphatic carbocycles. The molecule has 2 aromatic carbocycles. The van der Waals surface area contributed by atoms with Gasteiger partial charge in [-0.15, -0.1) is 0 Å². The summed E-state index contributed by atoms with van der Waals surface area (Å²) in [6.07, 6.45) is 0. The van der Waals surface area contributed by atoms with Crippen molar-refractivity contribution in [2.24, 2.45) is 0 Å². The number of nitrogens with one attached hydrogen (secondary N) is 1. The van der Waals surface area contributed by atoms with Crippen molar-refractivity contribution in [3.63, 3.8) is 0 Å². The maximum absolute atomic E-state index is 12.8. The van der Waals surface area contributed by atoms with Crippen LogP contribution in [0.1, 0.15) is 26.8 Å². The average molecular weight is 478 g/mol. The zero-order chi connectivity index (χ0) is 23.0. The van der Waals surface area contributed by atoms with Gasteiger partial charge in [-0.1, -0.05) is 11.3 Å². The minimum Gasteiger partial charge on any atom is -0.454 e. The largest absolute Gasteiger partial charge is 0.454 e. The number of fused-ring (bicyclic) bond motifs is 2. The Bertz CT molecular complexity index is 1340. The van der Waals surface area contributed by atoms with Gasteiger partial charge in [0.15, 0.2) is 11.5 Å². The molecule has 0 radical (unpaired) electrons. The van der Waals surface area contributed by atoms with Gasteiger partial charge in [0, 0.05) is 17.8 Å². The number of hydrogen-bond acceptors (Lipinski definition) is 7.